The Morgan fingerprint density at radius 3 is 2.88 bits per heavy atom. The molecule has 0 bridgehead atoms. The standard InChI is InChI=1S/C10H11N3O3S/c14-10(15)13-4-2-12(3-5-13)9-8-7(16-11-9)1-6-17-8/h1,6H,2-5H2,(H,14,15). The first-order valence-electron chi connectivity index (χ1n) is 5.31. The van der Waals surface area contributed by atoms with Crippen molar-refractivity contribution in [3.63, 3.8) is 0 Å². The number of thiophene rings is 1. The fourth-order valence-corrected chi connectivity index (χ4v) is 2.80. The quantitative estimate of drug-likeness (QED) is 0.837. The van der Waals surface area contributed by atoms with Crippen LogP contribution in [0.25, 0.3) is 10.3 Å². The van der Waals surface area contributed by atoms with Crippen LogP contribution in [0.3, 0.4) is 0 Å². The molecule has 0 atom stereocenters. The van der Waals surface area contributed by atoms with Crippen LogP contribution in [0, 0.1) is 0 Å². The first kappa shape index (κ1) is 10.4. The highest BCUT2D eigenvalue weighted by atomic mass is 32.1. The molecule has 3 heterocycles. The molecule has 0 radical (unpaired) electrons. The minimum atomic E-state index is -0.855. The van der Waals surface area contributed by atoms with Gasteiger partial charge in [-0.3, -0.25) is 0 Å². The zero-order valence-electron chi connectivity index (χ0n) is 9.00. The summed E-state index contributed by atoms with van der Waals surface area (Å²) in [4.78, 5) is 14.3. The van der Waals surface area contributed by atoms with E-state index in [0.717, 1.165) is 16.1 Å². The van der Waals surface area contributed by atoms with E-state index in [0.29, 0.717) is 26.2 Å². The lowest BCUT2D eigenvalue weighted by molar-refractivity contribution is 0.142. The van der Waals surface area contributed by atoms with Crippen molar-refractivity contribution in [3.8, 4) is 0 Å². The SMILES string of the molecule is O=C(O)N1CCN(c2noc3ccsc23)CC1. The molecular weight excluding hydrogens is 242 g/mol. The molecule has 0 aliphatic carbocycles. The van der Waals surface area contributed by atoms with Gasteiger partial charge in [0.15, 0.2) is 11.4 Å². The number of rotatable bonds is 1. The largest absolute Gasteiger partial charge is 0.465 e. The monoisotopic (exact) mass is 253 g/mol. The molecular formula is C10H11N3O3S. The number of hydrogen-bond acceptors (Lipinski definition) is 5. The first-order chi connectivity index (χ1) is 8.25. The van der Waals surface area contributed by atoms with E-state index >= 15 is 0 Å². The molecule has 3 rings (SSSR count). The highest BCUT2D eigenvalue weighted by molar-refractivity contribution is 7.17. The van der Waals surface area contributed by atoms with Crippen LogP contribution in [-0.2, 0) is 0 Å². The van der Waals surface area contributed by atoms with Crippen molar-refractivity contribution in [2.45, 2.75) is 0 Å². The smallest absolute Gasteiger partial charge is 0.407 e. The summed E-state index contributed by atoms with van der Waals surface area (Å²) in [6, 6.07) is 1.89. The summed E-state index contributed by atoms with van der Waals surface area (Å²) in [5.74, 6) is 0.833. The van der Waals surface area contributed by atoms with Crippen LogP contribution in [-0.4, -0.2) is 47.4 Å². The van der Waals surface area contributed by atoms with E-state index in [9.17, 15) is 4.79 Å². The van der Waals surface area contributed by atoms with Gasteiger partial charge in [-0.1, -0.05) is 5.16 Å². The summed E-state index contributed by atoms with van der Waals surface area (Å²) >= 11 is 1.59. The second-order valence-corrected chi connectivity index (χ2v) is 4.79. The predicted octanol–water partition coefficient (Wildman–Crippen LogP) is 1.69. The molecule has 2 aromatic rings. The molecule has 0 saturated carbocycles. The van der Waals surface area contributed by atoms with Crippen molar-refractivity contribution in [2.24, 2.45) is 0 Å². The van der Waals surface area contributed by atoms with Crippen LogP contribution in [0.4, 0.5) is 10.6 Å². The molecule has 1 fully saturated rings. The summed E-state index contributed by atoms with van der Waals surface area (Å²) in [5, 5.41) is 14.9. The van der Waals surface area contributed by atoms with Gasteiger partial charge in [0.2, 0.25) is 0 Å². The lowest BCUT2D eigenvalue weighted by Gasteiger charge is -2.32. The zero-order valence-corrected chi connectivity index (χ0v) is 9.81. The highest BCUT2D eigenvalue weighted by Gasteiger charge is 2.24. The third kappa shape index (κ3) is 1.72. The normalized spacial score (nSPS) is 16.7. The summed E-state index contributed by atoms with van der Waals surface area (Å²) in [5.41, 5.74) is 0.797. The van der Waals surface area contributed by atoms with Crippen LogP contribution in [0.15, 0.2) is 16.0 Å². The van der Waals surface area contributed by atoms with Crippen molar-refractivity contribution in [1.82, 2.24) is 10.1 Å². The average Bonchev–Trinajstić information content (AvgIpc) is 2.90. The van der Waals surface area contributed by atoms with Gasteiger partial charge in [0, 0.05) is 26.2 Å². The Kier molecular flexibility index (Phi) is 2.40. The van der Waals surface area contributed by atoms with Crippen molar-refractivity contribution in [2.75, 3.05) is 31.1 Å². The Hall–Kier alpha value is -1.76. The lowest BCUT2D eigenvalue weighted by atomic mass is 10.3. The van der Waals surface area contributed by atoms with E-state index in [-0.39, 0.29) is 0 Å². The molecule has 6 nitrogen and oxygen atoms in total. The Morgan fingerprint density at radius 2 is 2.18 bits per heavy atom. The fourth-order valence-electron chi connectivity index (χ4n) is 1.98. The number of piperazine rings is 1. The van der Waals surface area contributed by atoms with Crippen LogP contribution >= 0.6 is 11.3 Å². The Bertz CT molecular complexity index is 542. The number of aromatic nitrogens is 1. The van der Waals surface area contributed by atoms with E-state index in [1.165, 1.54) is 4.90 Å². The fraction of sp³-hybridized carbons (Fsp3) is 0.400. The van der Waals surface area contributed by atoms with Gasteiger partial charge in [0.25, 0.3) is 0 Å². The molecule has 17 heavy (non-hydrogen) atoms. The molecule has 2 aromatic heterocycles. The molecule has 0 spiro atoms. The highest BCUT2D eigenvalue weighted by Crippen LogP contribution is 2.31. The van der Waals surface area contributed by atoms with Crippen LogP contribution < -0.4 is 4.90 Å². The maximum atomic E-state index is 10.8. The molecule has 1 aliphatic heterocycles. The number of nitrogens with zero attached hydrogens (tertiary/aromatic N) is 3. The number of hydrogen-bond donors (Lipinski definition) is 1. The van der Waals surface area contributed by atoms with Crippen molar-refractivity contribution in [3.05, 3.63) is 11.4 Å². The van der Waals surface area contributed by atoms with E-state index < -0.39 is 6.09 Å². The second kappa shape index (κ2) is 3.92. The summed E-state index contributed by atoms with van der Waals surface area (Å²) in [7, 11) is 0. The Labute approximate surface area is 101 Å². The number of carbonyl (C=O) groups is 1. The molecule has 0 unspecified atom stereocenters. The topological polar surface area (TPSA) is 69.8 Å². The Morgan fingerprint density at radius 1 is 1.41 bits per heavy atom. The first-order valence-corrected chi connectivity index (χ1v) is 6.19. The van der Waals surface area contributed by atoms with Gasteiger partial charge >= 0.3 is 6.09 Å². The molecule has 0 aromatic carbocycles. The van der Waals surface area contributed by atoms with E-state index in [2.05, 4.69) is 10.1 Å². The van der Waals surface area contributed by atoms with Gasteiger partial charge in [-0.15, -0.1) is 11.3 Å². The summed E-state index contributed by atoms with van der Waals surface area (Å²) in [6.07, 6.45) is -0.855. The second-order valence-electron chi connectivity index (χ2n) is 3.88. The van der Waals surface area contributed by atoms with Gasteiger partial charge < -0.3 is 19.4 Å². The molecule has 1 amide bonds. The van der Waals surface area contributed by atoms with Gasteiger partial charge in [0.1, 0.15) is 4.70 Å². The minimum Gasteiger partial charge on any atom is -0.465 e. The van der Waals surface area contributed by atoms with Gasteiger partial charge in [-0.2, -0.15) is 0 Å². The van der Waals surface area contributed by atoms with Crippen molar-refractivity contribution >= 4 is 33.5 Å². The zero-order chi connectivity index (χ0) is 11.8. The van der Waals surface area contributed by atoms with Crippen LogP contribution in [0.5, 0.6) is 0 Å². The van der Waals surface area contributed by atoms with Crippen LogP contribution in [0.2, 0.25) is 0 Å². The predicted molar refractivity (Wildman–Crippen MR) is 63.7 cm³/mol. The lowest BCUT2D eigenvalue weighted by Crippen LogP contribution is -2.48. The minimum absolute atomic E-state index is 0.509. The molecule has 1 saturated heterocycles. The maximum Gasteiger partial charge on any atom is 0.407 e. The maximum absolute atomic E-state index is 10.8. The van der Waals surface area contributed by atoms with Gasteiger partial charge in [0.05, 0.1) is 0 Å². The number of fused-ring (bicyclic) bond motifs is 1. The molecule has 7 heteroatoms. The number of amides is 1. The van der Waals surface area contributed by atoms with Crippen molar-refractivity contribution in [1.29, 1.82) is 0 Å². The average molecular weight is 253 g/mol. The Balaban J connectivity index is 1.79. The van der Waals surface area contributed by atoms with E-state index in [4.69, 9.17) is 9.63 Å². The van der Waals surface area contributed by atoms with E-state index in [1.807, 2.05) is 11.4 Å². The molecule has 90 valence electrons. The number of carboxylic acid groups (broad SMARTS) is 1. The van der Waals surface area contributed by atoms with E-state index in [1.54, 1.807) is 11.3 Å². The number of anilines is 1. The van der Waals surface area contributed by atoms with Gasteiger partial charge in [-0.05, 0) is 11.4 Å². The van der Waals surface area contributed by atoms with Gasteiger partial charge in [-0.25, -0.2) is 4.79 Å². The van der Waals surface area contributed by atoms with Crippen molar-refractivity contribution < 1.29 is 14.4 Å². The third-order valence-corrected chi connectivity index (χ3v) is 3.80. The summed E-state index contributed by atoms with van der Waals surface area (Å²) < 4.78 is 6.24. The van der Waals surface area contributed by atoms with Crippen LogP contribution in [0.1, 0.15) is 0 Å². The third-order valence-electron chi connectivity index (χ3n) is 2.91. The summed E-state index contributed by atoms with van der Waals surface area (Å²) in [6.45, 7) is 2.34. The molecule has 1 aliphatic rings. The molecule has 1 N–H and O–H groups in total.